The fourth-order valence-corrected chi connectivity index (χ4v) is 2.84. The van der Waals surface area contributed by atoms with Gasteiger partial charge >= 0.3 is 0 Å². The highest BCUT2D eigenvalue weighted by molar-refractivity contribution is 5.92. The van der Waals surface area contributed by atoms with Crippen LogP contribution in [-0.4, -0.2) is 55.5 Å². The number of anilines is 1. The van der Waals surface area contributed by atoms with Gasteiger partial charge in [-0.25, -0.2) is 0 Å². The molecule has 1 heterocycles. The topological polar surface area (TPSA) is 61.6 Å². The average molecular weight is 290 g/mol. The van der Waals surface area contributed by atoms with Crippen molar-refractivity contribution in [1.82, 2.24) is 9.80 Å². The van der Waals surface area contributed by atoms with Crippen molar-refractivity contribution < 1.29 is 4.79 Å². The maximum atomic E-state index is 12.2. The number of carbonyl (C=O) groups excluding carboxylic acids is 1. The molecule has 1 saturated heterocycles. The Balaban J connectivity index is 1.85. The molecule has 0 bridgehead atoms. The van der Waals surface area contributed by atoms with E-state index in [4.69, 9.17) is 5.73 Å². The van der Waals surface area contributed by atoms with Crippen LogP contribution in [0.25, 0.3) is 0 Å². The van der Waals surface area contributed by atoms with E-state index in [9.17, 15) is 4.79 Å². The summed E-state index contributed by atoms with van der Waals surface area (Å²) in [5.41, 5.74) is 7.47. The number of carbonyl (C=O) groups is 1. The molecule has 5 nitrogen and oxygen atoms in total. The summed E-state index contributed by atoms with van der Waals surface area (Å²) in [5, 5.41) is 2.96. The standard InChI is InChI=1S/C16H26N4O/c1-19(2)11-15-4-3-9-20(15)12-16(21)18-14-7-5-13(10-17)6-8-14/h5-8,15H,3-4,9-12,17H2,1-2H3,(H,18,21). The van der Waals surface area contributed by atoms with Gasteiger partial charge in [0.1, 0.15) is 0 Å². The van der Waals surface area contributed by atoms with Crippen molar-refractivity contribution >= 4 is 11.6 Å². The molecule has 1 aromatic carbocycles. The quantitative estimate of drug-likeness (QED) is 0.824. The van der Waals surface area contributed by atoms with Gasteiger partial charge in [-0.1, -0.05) is 12.1 Å². The minimum atomic E-state index is 0.0566. The summed E-state index contributed by atoms with van der Waals surface area (Å²) in [5.74, 6) is 0.0566. The molecule has 0 aliphatic carbocycles. The molecule has 1 unspecified atom stereocenters. The summed E-state index contributed by atoms with van der Waals surface area (Å²) >= 11 is 0. The maximum absolute atomic E-state index is 12.2. The second-order valence-electron chi connectivity index (χ2n) is 5.98. The minimum Gasteiger partial charge on any atom is -0.326 e. The van der Waals surface area contributed by atoms with Crippen molar-refractivity contribution in [2.45, 2.75) is 25.4 Å². The lowest BCUT2D eigenvalue weighted by molar-refractivity contribution is -0.117. The van der Waals surface area contributed by atoms with Crippen LogP contribution < -0.4 is 11.1 Å². The van der Waals surface area contributed by atoms with Crippen LogP contribution in [0.3, 0.4) is 0 Å². The normalized spacial score (nSPS) is 19.1. The van der Waals surface area contributed by atoms with Gasteiger partial charge < -0.3 is 16.0 Å². The Morgan fingerprint density at radius 1 is 1.38 bits per heavy atom. The summed E-state index contributed by atoms with van der Waals surface area (Å²) in [6.07, 6.45) is 2.35. The number of amides is 1. The predicted octanol–water partition coefficient (Wildman–Crippen LogP) is 1.11. The van der Waals surface area contributed by atoms with Crippen LogP contribution in [0.5, 0.6) is 0 Å². The SMILES string of the molecule is CN(C)CC1CCCN1CC(=O)Nc1ccc(CN)cc1. The largest absolute Gasteiger partial charge is 0.326 e. The van der Waals surface area contributed by atoms with Gasteiger partial charge in [0, 0.05) is 24.8 Å². The molecular formula is C16H26N4O. The van der Waals surface area contributed by atoms with Crippen LogP contribution in [0.2, 0.25) is 0 Å². The van der Waals surface area contributed by atoms with Crippen molar-refractivity contribution in [3.8, 4) is 0 Å². The van der Waals surface area contributed by atoms with Crippen molar-refractivity contribution in [2.24, 2.45) is 5.73 Å². The molecule has 1 atom stereocenters. The van der Waals surface area contributed by atoms with Crippen LogP contribution in [0, 0.1) is 0 Å². The van der Waals surface area contributed by atoms with Gasteiger partial charge in [0.2, 0.25) is 5.91 Å². The first-order valence-corrected chi connectivity index (χ1v) is 7.56. The van der Waals surface area contributed by atoms with Gasteiger partial charge in [-0.2, -0.15) is 0 Å². The average Bonchev–Trinajstić information content (AvgIpc) is 2.86. The number of nitrogens with one attached hydrogen (secondary N) is 1. The third-order valence-corrected chi connectivity index (χ3v) is 3.90. The number of rotatable bonds is 6. The second kappa shape index (κ2) is 7.54. The zero-order chi connectivity index (χ0) is 15.2. The summed E-state index contributed by atoms with van der Waals surface area (Å²) < 4.78 is 0. The molecule has 1 amide bonds. The lowest BCUT2D eigenvalue weighted by Gasteiger charge is -2.26. The van der Waals surface area contributed by atoms with E-state index in [2.05, 4.69) is 29.2 Å². The Labute approximate surface area is 127 Å². The van der Waals surface area contributed by atoms with Gasteiger partial charge in [-0.3, -0.25) is 9.69 Å². The number of nitrogens with two attached hydrogens (primary N) is 1. The third-order valence-electron chi connectivity index (χ3n) is 3.90. The fourth-order valence-electron chi connectivity index (χ4n) is 2.84. The van der Waals surface area contributed by atoms with Gasteiger partial charge in [-0.05, 0) is 51.2 Å². The zero-order valence-corrected chi connectivity index (χ0v) is 13.0. The summed E-state index contributed by atoms with van der Waals surface area (Å²) in [6, 6.07) is 8.19. The van der Waals surface area contributed by atoms with Gasteiger partial charge in [-0.15, -0.1) is 0 Å². The van der Waals surface area contributed by atoms with E-state index in [1.807, 2.05) is 24.3 Å². The number of hydrogen-bond donors (Lipinski definition) is 2. The van der Waals surface area contributed by atoms with E-state index in [-0.39, 0.29) is 5.91 Å². The van der Waals surface area contributed by atoms with Gasteiger partial charge in [0.05, 0.1) is 6.54 Å². The van der Waals surface area contributed by atoms with E-state index in [0.29, 0.717) is 19.1 Å². The first kappa shape index (κ1) is 15.9. The first-order chi connectivity index (χ1) is 10.1. The van der Waals surface area contributed by atoms with Crippen LogP contribution >= 0.6 is 0 Å². The molecule has 0 saturated carbocycles. The number of hydrogen-bond acceptors (Lipinski definition) is 4. The fraction of sp³-hybridized carbons (Fsp3) is 0.562. The molecule has 5 heteroatoms. The Morgan fingerprint density at radius 2 is 2.10 bits per heavy atom. The smallest absolute Gasteiger partial charge is 0.238 e. The molecule has 0 spiro atoms. The van der Waals surface area contributed by atoms with Crippen molar-refractivity contribution in [3.05, 3.63) is 29.8 Å². The summed E-state index contributed by atoms with van der Waals surface area (Å²) in [6.45, 7) is 3.02. The second-order valence-corrected chi connectivity index (χ2v) is 5.98. The molecule has 2 rings (SSSR count). The Kier molecular flexibility index (Phi) is 5.73. The van der Waals surface area contributed by atoms with E-state index >= 15 is 0 Å². The van der Waals surface area contributed by atoms with Crippen LogP contribution in [0.1, 0.15) is 18.4 Å². The van der Waals surface area contributed by atoms with E-state index < -0.39 is 0 Å². The van der Waals surface area contributed by atoms with Crippen LogP contribution in [-0.2, 0) is 11.3 Å². The molecule has 3 N–H and O–H groups in total. The van der Waals surface area contributed by atoms with E-state index in [1.165, 1.54) is 12.8 Å². The van der Waals surface area contributed by atoms with E-state index in [1.54, 1.807) is 0 Å². The molecular weight excluding hydrogens is 264 g/mol. The highest BCUT2D eigenvalue weighted by Crippen LogP contribution is 2.17. The third kappa shape index (κ3) is 4.81. The molecule has 0 radical (unpaired) electrons. The van der Waals surface area contributed by atoms with Gasteiger partial charge in [0.25, 0.3) is 0 Å². The minimum absolute atomic E-state index is 0.0566. The van der Waals surface area contributed by atoms with Gasteiger partial charge in [0.15, 0.2) is 0 Å². The molecule has 0 aromatic heterocycles. The Morgan fingerprint density at radius 3 is 2.71 bits per heavy atom. The van der Waals surface area contributed by atoms with Crippen molar-refractivity contribution in [1.29, 1.82) is 0 Å². The lowest BCUT2D eigenvalue weighted by Crippen LogP contribution is -2.41. The zero-order valence-electron chi connectivity index (χ0n) is 13.0. The lowest BCUT2D eigenvalue weighted by atomic mass is 10.2. The first-order valence-electron chi connectivity index (χ1n) is 7.56. The summed E-state index contributed by atoms with van der Waals surface area (Å²) in [4.78, 5) is 16.6. The molecule has 1 aliphatic heterocycles. The Bertz CT molecular complexity index is 458. The van der Waals surface area contributed by atoms with Crippen molar-refractivity contribution in [2.75, 3.05) is 39.0 Å². The highest BCUT2D eigenvalue weighted by atomic mass is 16.2. The molecule has 1 aliphatic rings. The number of likely N-dealkylation sites (tertiary alicyclic amines) is 1. The van der Waals surface area contributed by atoms with Crippen LogP contribution in [0.15, 0.2) is 24.3 Å². The monoisotopic (exact) mass is 290 g/mol. The molecule has 116 valence electrons. The number of nitrogens with zero attached hydrogens (tertiary/aromatic N) is 2. The van der Waals surface area contributed by atoms with E-state index in [0.717, 1.165) is 24.3 Å². The number of benzene rings is 1. The van der Waals surface area contributed by atoms with Crippen LogP contribution in [0.4, 0.5) is 5.69 Å². The molecule has 1 fully saturated rings. The van der Waals surface area contributed by atoms with Crippen molar-refractivity contribution in [3.63, 3.8) is 0 Å². The predicted molar refractivity (Wildman–Crippen MR) is 86.1 cm³/mol. The highest BCUT2D eigenvalue weighted by Gasteiger charge is 2.26. The number of likely N-dealkylation sites (N-methyl/N-ethyl adjacent to an activating group) is 1. The molecule has 1 aromatic rings. The molecule has 21 heavy (non-hydrogen) atoms. The maximum Gasteiger partial charge on any atom is 0.238 e. The summed E-state index contributed by atoms with van der Waals surface area (Å²) in [7, 11) is 4.16. The Hall–Kier alpha value is -1.43.